The number of aliphatic hydroxyl groups is 1. The van der Waals surface area contributed by atoms with Gasteiger partial charge in [0.05, 0.1) is 18.2 Å². The summed E-state index contributed by atoms with van der Waals surface area (Å²) in [5.74, 6) is -0.758. The molecule has 0 unspecified atom stereocenters. The third-order valence-electron chi connectivity index (χ3n) is 5.47. The third kappa shape index (κ3) is 3.32. The summed E-state index contributed by atoms with van der Waals surface area (Å²) in [5, 5.41) is 20.1. The smallest absolute Gasteiger partial charge is 0.264 e. The highest BCUT2D eigenvalue weighted by Crippen LogP contribution is 2.43. The Kier molecular flexibility index (Phi) is 5.35. The maximum Gasteiger partial charge on any atom is 0.264 e. The number of nitrogens with zero attached hydrogens (tertiary/aromatic N) is 2. The van der Waals surface area contributed by atoms with Gasteiger partial charge in [-0.15, -0.1) is 0 Å². The van der Waals surface area contributed by atoms with Crippen LogP contribution in [0, 0.1) is 32.1 Å². The number of Topliss-reactive ketones (excluding diaryl/α,β-unsaturated/α-hetero) is 1. The summed E-state index contributed by atoms with van der Waals surface area (Å²) in [7, 11) is 0. The van der Waals surface area contributed by atoms with E-state index in [9.17, 15) is 14.7 Å². The number of aryl methyl sites for hydroxylation is 3. The summed E-state index contributed by atoms with van der Waals surface area (Å²) >= 11 is 0. The van der Waals surface area contributed by atoms with Crippen molar-refractivity contribution in [3.63, 3.8) is 0 Å². The monoisotopic (exact) mass is 376 g/mol. The first-order valence-corrected chi connectivity index (χ1v) is 9.41. The summed E-state index contributed by atoms with van der Waals surface area (Å²) < 4.78 is 0. The molecule has 5 heteroatoms. The number of benzene rings is 2. The Morgan fingerprint density at radius 3 is 2.54 bits per heavy atom. The highest BCUT2D eigenvalue weighted by molar-refractivity contribution is 6.11. The van der Waals surface area contributed by atoms with Crippen LogP contribution in [0.1, 0.15) is 51.9 Å². The molecular formula is C23H24N2O3. The molecular weight excluding hydrogens is 352 g/mol. The number of fused-ring (bicyclic) bond motifs is 1. The highest BCUT2D eigenvalue weighted by Gasteiger charge is 2.50. The molecule has 28 heavy (non-hydrogen) atoms. The fourth-order valence-corrected chi connectivity index (χ4v) is 3.80. The van der Waals surface area contributed by atoms with Crippen LogP contribution in [0.3, 0.4) is 0 Å². The van der Waals surface area contributed by atoms with E-state index in [1.54, 1.807) is 24.3 Å². The third-order valence-corrected chi connectivity index (χ3v) is 5.47. The standard InChI is InChI=1S/C23H24N2O3/c1-15-12-17(3)18(13-16(15)2)21(26)14-23(28)19-8-4-5-9-20(19)25(22(23)27)11-7-6-10-24/h4-5,8-9,12-13,28H,6-7,11,14H2,1-3H3/t23-/m0/s1. The molecule has 1 N–H and O–H groups in total. The Hall–Kier alpha value is -2.97. The molecule has 1 heterocycles. The van der Waals surface area contributed by atoms with Crippen LogP contribution >= 0.6 is 0 Å². The number of rotatable bonds is 6. The van der Waals surface area contributed by atoms with Gasteiger partial charge in [0.25, 0.3) is 5.91 Å². The fraction of sp³-hybridized carbons (Fsp3) is 0.348. The van der Waals surface area contributed by atoms with Crippen molar-refractivity contribution >= 4 is 17.4 Å². The molecule has 2 aromatic carbocycles. The molecule has 0 aromatic heterocycles. The van der Waals surface area contributed by atoms with Crippen molar-refractivity contribution in [3.8, 4) is 6.07 Å². The van der Waals surface area contributed by atoms with Gasteiger partial charge in [0.2, 0.25) is 0 Å². The quantitative estimate of drug-likeness (QED) is 0.615. The van der Waals surface area contributed by atoms with E-state index in [0.717, 1.165) is 16.7 Å². The van der Waals surface area contributed by atoms with Crippen LogP contribution in [0.25, 0.3) is 0 Å². The second kappa shape index (κ2) is 7.57. The molecule has 3 rings (SSSR count). The molecule has 0 saturated heterocycles. The summed E-state index contributed by atoms with van der Waals surface area (Å²) in [5.41, 5.74) is 2.64. The molecule has 1 aliphatic rings. The van der Waals surface area contributed by atoms with Gasteiger partial charge in [0, 0.05) is 24.1 Å². The normalized spacial score (nSPS) is 18.1. The topological polar surface area (TPSA) is 81.4 Å². The van der Waals surface area contributed by atoms with E-state index in [1.165, 1.54) is 4.90 Å². The van der Waals surface area contributed by atoms with Crippen LogP contribution in [0.2, 0.25) is 0 Å². The van der Waals surface area contributed by atoms with E-state index in [2.05, 4.69) is 6.07 Å². The predicted octanol–water partition coefficient (Wildman–Crippen LogP) is 3.72. The maximum absolute atomic E-state index is 13.1. The molecule has 1 amide bonds. The van der Waals surface area contributed by atoms with Crippen molar-refractivity contribution in [2.24, 2.45) is 0 Å². The highest BCUT2D eigenvalue weighted by atomic mass is 16.3. The van der Waals surface area contributed by atoms with Gasteiger partial charge in [0.15, 0.2) is 11.4 Å². The van der Waals surface area contributed by atoms with Crippen molar-refractivity contribution in [2.75, 3.05) is 11.4 Å². The molecule has 5 nitrogen and oxygen atoms in total. The lowest BCUT2D eigenvalue weighted by Gasteiger charge is -2.23. The number of carbonyl (C=O) groups is 2. The lowest BCUT2D eigenvalue weighted by Crippen LogP contribution is -2.42. The van der Waals surface area contributed by atoms with Gasteiger partial charge in [-0.3, -0.25) is 9.59 Å². The first kappa shape index (κ1) is 19.8. The first-order chi connectivity index (χ1) is 13.3. The van der Waals surface area contributed by atoms with E-state index < -0.39 is 11.5 Å². The molecule has 0 saturated carbocycles. The minimum absolute atomic E-state index is 0.259. The van der Waals surface area contributed by atoms with Gasteiger partial charge < -0.3 is 10.0 Å². The van der Waals surface area contributed by atoms with Crippen LogP contribution in [0.4, 0.5) is 5.69 Å². The lowest BCUT2D eigenvalue weighted by atomic mass is 9.86. The van der Waals surface area contributed by atoms with Crippen molar-refractivity contribution in [1.82, 2.24) is 0 Å². The molecule has 0 fully saturated rings. The minimum Gasteiger partial charge on any atom is -0.375 e. The van der Waals surface area contributed by atoms with E-state index in [-0.39, 0.29) is 12.2 Å². The number of para-hydroxylation sites is 1. The SMILES string of the molecule is Cc1cc(C)c(C(=O)C[C@@]2(O)C(=O)N(CCCC#N)c3ccccc32)cc1C. The van der Waals surface area contributed by atoms with Crippen molar-refractivity contribution in [3.05, 3.63) is 64.2 Å². The largest absolute Gasteiger partial charge is 0.375 e. The molecule has 0 radical (unpaired) electrons. The minimum atomic E-state index is -1.88. The van der Waals surface area contributed by atoms with Gasteiger partial charge in [-0.2, -0.15) is 5.26 Å². The fourth-order valence-electron chi connectivity index (χ4n) is 3.80. The van der Waals surface area contributed by atoms with Crippen LogP contribution in [0.5, 0.6) is 0 Å². The van der Waals surface area contributed by atoms with Gasteiger partial charge in [0.1, 0.15) is 0 Å². The van der Waals surface area contributed by atoms with Crippen molar-refractivity contribution in [2.45, 2.75) is 45.6 Å². The zero-order chi connectivity index (χ0) is 20.5. The second-order valence-electron chi connectivity index (χ2n) is 7.45. The van der Waals surface area contributed by atoms with Gasteiger partial charge in [-0.1, -0.05) is 24.3 Å². The van der Waals surface area contributed by atoms with Crippen LogP contribution in [0.15, 0.2) is 36.4 Å². The second-order valence-corrected chi connectivity index (χ2v) is 7.45. The molecule has 0 spiro atoms. The first-order valence-electron chi connectivity index (χ1n) is 9.41. The molecule has 144 valence electrons. The number of ketones is 1. The number of nitriles is 1. The summed E-state index contributed by atoms with van der Waals surface area (Å²) in [6.45, 7) is 6.12. The van der Waals surface area contributed by atoms with E-state index >= 15 is 0 Å². The molecule has 1 atom stereocenters. The lowest BCUT2D eigenvalue weighted by molar-refractivity contribution is -0.135. The average molecular weight is 376 g/mol. The number of anilines is 1. The van der Waals surface area contributed by atoms with E-state index in [0.29, 0.717) is 36.2 Å². The number of amides is 1. The zero-order valence-corrected chi connectivity index (χ0v) is 16.5. The predicted molar refractivity (Wildman–Crippen MR) is 107 cm³/mol. The van der Waals surface area contributed by atoms with Crippen LogP contribution in [-0.2, 0) is 10.4 Å². The van der Waals surface area contributed by atoms with Crippen molar-refractivity contribution in [1.29, 1.82) is 5.26 Å². The van der Waals surface area contributed by atoms with Crippen molar-refractivity contribution < 1.29 is 14.7 Å². The average Bonchev–Trinajstić information content (AvgIpc) is 2.87. The van der Waals surface area contributed by atoms with Gasteiger partial charge >= 0.3 is 0 Å². The van der Waals surface area contributed by atoms with E-state index in [1.807, 2.05) is 32.9 Å². The number of unbranched alkanes of at least 4 members (excludes halogenated alkanes) is 1. The summed E-state index contributed by atoms with van der Waals surface area (Å²) in [6.07, 6.45) is 0.531. The summed E-state index contributed by atoms with van der Waals surface area (Å²) in [4.78, 5) is 27.6. The molecule has 0 bridgehead atoms. The molecule has 2 aromatic rings. The van der Waals surface area contributed by atoms with Crippen LogP contribution in [-0.4, -0.2) is 23.3 Å². The Bertz CT molecular complexity index is 990. The zero-order valence-electron chi connectivity index (χ0n) is 16.5. The maximum atomic E-state index is 13.1. The Morgan fingerprint density at radius 2 is 1.82 bits per heavy atom. The van der Waals surface area contributed by atoms with Gasteiger partial charge in [-0.25, -0.2) is 0 Å². The molecule has 0 aliphatic carbocycles. The van der Waals surface area contributed by atoms with Gasteiger partial charge in [-0.05, 0) is 56.0 Å². The number of carbonyl (C=O) groups excluding carboxylic acids is 2. The Labute approximate surface area is 165 Å². The summed E-state index contributed by atoms with van der Waals surface area (Å²) in [6, 6.07) is 12.8. The van der Waals surface area contributed by atoms with Crippen LogP contribution < -0.4 is 4.90 Å². The number of hydrogen-bond donors (Lipinski definition) is 1. The Balaban J connectivity index is 1.95. The van der Waals surface area contributed by atoms with E-state index in [4.69, 9.17) is 5.26 Å². The molecule has 1 aliphatic heterocycles. The Morgan fingerprint density at radius 1 is 1.14 bits per heavy atom. The number of hydrogen-bond acceptors (Lipinski definition) is 4.